The molecule has 0 aliphatic heterocycles. The van der Waals surface area contributed by atoms with Crippen molar-refractivity contribution < 1.29 is 33.0 Å². The number of carbonyl (C=O) groups is 2. The number of hydrogen-bond acceptors (Lipinski definition) is 6. The third-order valence-corrected chi connectivity index (χ3v) is 4.03. The van der Waals surface area contributed by atoms with Crippen molar-refractivity contribution in [3.05, 3.63) is 35.9 Å². The molecule has 164 valence electrons. The van der Waals surface area contributed by atoms with Crippen molar-refractivity contribution >= 4 is 12.1 Å². The minimum absolute atomic E-state index is 0.283. The summed E-state index contributed by atoms with van der Waals surface area (Å²) in [6, 6.07) is 4.60. The number of carbonyl (C=O) groups excluding carboxylic acids is 2. The lowest BCUT2D eigenvalue weighted by Crippen LogP contribution is -2.63. The number of hydrogen-bond donors (Lipinski definition) is 3. The molecule has 0 aliphatic carbocycles. The molecule has 0 spiro atoms. The fourth-order valence-corrected chi connectivity index (χ4v) is 2.34. The monoisotopic (exact) mass is 416 g/mol. The van der Waals surface area contributed by atoms with Gasteiger partial charge in [0.25, 0.3) is 0 Å². The van der Waals surface area contributed by atoms with Crippen LogP contribution in [0, 0.1) is 5.92 Å². The Hall–Kier alpha value is -2.26. The molecule has 1 aromatic carbocycles. The molecule has 4 N–H and O–H groups in total. The van der Waals surface area contributed by atoms with Crippen molar-refractivity contribution in [3.63, 3.8) is 0 Å². The minimum atomic E-state index is -4.10. The molecule has 0 aromatic heterocycles. The van der Waals surface area contributed by atoms with E-state index in [-0.39, 0.29) is 6.61 Å². The molecule has 0 heterocycles. The van der Waals surface area contributed by atoms with Crippen molar-refractivity contribution in [1.29, 1.82) is 0 Å². The molecular weight excluding hydrogens is 386 g/mol. The molecule has 3 unspecified atom stereocenters. The van der Waals surface area contributed by atoms with Crippen molar-refractivity contribution in [2.45, 2.75) is 70.9 Å². The smallest absolute Gasteiger partial charge is 0.408 e. The number of amides is 1. The van der Waals surface area contributed by atoms with Gasteiger partial charge in [-0.25, -0.2) is 18.4 Å². The molecule has 0 radical (unpaired) electrons. The molecule has 3 atom stereocenters. The molecular formula is C20H30F2N2O5. The molecule has 1 rings (SSSR count). The van der Waals surface area contributed by atoms with Gasteiger partial charge in [-0.1, -0.05) is 44.2 Å². The first-order chi connectivity index (χ1) is 13.3. The number of nitrogens with two attached hydrogens (primary N) is 1. The highest BCUT2D eigenvalue weighted by Gasteiger charge is 2.54. The molecule has 0 saturated carbocycles. The van der Waals surface area contributed by atoms with Crippen molar-refractivity contribution in [2.75, 3.05) is 0 Å². The summed E-state index contributed by atoms with van der Waals surface area (Å²) in [5, 5.41) is 11.9. The Morgan fingerprint density at radius 3 is 2.21 bits per heavy atom. The van der Waals surface area contributed by atoms with Crippen LogP contribution in [0.4, 0.5) is 13.6 Å². The second kappa shape index (κ2) is 9.98. The van der Waals surface area contributed by atoms with Gasteiger partial charge in [0.1, 0.15) is 18.3 Å². The van der Waals surface area contributed by atoms with E-state index in [2.05, 4.69) is 0 Å². The van der Waals surface area contributed by atoms with Gasteiger partial charge in [0.05, 0.1) is 0 Å². The fraction of sp³-hybridized carbons (Fsp3) is 0.600. The van der Waals surface area contributed by atoms with Gasteiger partial charge in [0.2, 0.25) is 0 Å². The highest BCUT2D eigenvalue weighted by Crippen LogP contribution is 2.28. The van der Waals surface area contributed by atoms with E-state index in [0.29, 0.717) is 5.56 Å². The Morgan fingerprint density at radius 1 is 1.17 bits per heavy atom. The summed E-state index contributed by atoms with van der Waals surface area (Å²) < 4.78 is 39.8. The normalized spacial score (nSPS) is 15.4. The van der Waals surface area contributed by atoms with Gasteiger partial charge < -0.3 is 25.6 Å². The molecule has 0 bridgehead atoms. The first-order valence-corrected chi connectivity index (χ1v) is 9.27. The summed E-state index contributed by atoms with van der Waals surface area (Å²) in [5.74, 6) is -6.02. The Kier molecular flexibility index (Phi) is 8.52. The molecule has 1 aromatic rings. The van der Waals surface area contributed by atoms with E-state index in [1.807, 2.05) is 5.32 Å². The lowest BCUT2D eigenvalue weighted by Gasteiger charge is -2.34. The Balaban J connectivity index is 3.06. The second-order valence-corrected chi connectivity index (χ2v) is 8.11. The zero-order valence-corrected chi connectivity index (χ0v) is 17.3. The number of nitrogens with one attached hydrogen (secondary N) is 1. The van der Waals surface area contributed by atoms with E-state index in [1.165, 1.54) is 20.8 Å². The van der Waals surface area contributed by atoms with E-state index in [0.717, 1.165) is 0 Å². The van der Waals surface area contributed by atoms with Gasteiger partial charge in [-0.05, 0) is 32.3 Å². The van der Waals surface area contributed by atoms with Crippen molar-refractivity contribution in [1.82, 2.24) is 5.32 Å². The maximum Gasteiger partial charge on any atom is 0.408 e. The van der Waals surface area contributed by atoms with E-state index < -0.39 is 47.7 Å². The van der Waals surface area contributed by atoms with Gasteiger partial charge in [0, 0.05) is 6.04 Å². The van der Waals surface area contributed by atoms with Crippen LogP contribution in [0.15, 0.2) is 30.3 Å². The van der Waals surface area contributed by atoms with Gasteiger partial charge in [-0.3, -0.25) is 0 Å². The summed E-state index contributed by atoms with van der Waals surface area (Å²) in [7, 11) is 0. The Labute approximate surface area is 169 Å². The minimum Gasteiger partial charge on any atom is -0.459 e. The van der Waals surface area contributed by atoms with Crippen LogP contribution in [0.3, 0.4) is 0 Å². The second-order valence-electron chi connectivity index (χ2n) is 8.11. The number of alkyl halides is 2. The number of aliphatic hydroxyl groups is 1. The number of ether oxygens (including phenoxy) is 2. The standard InChI is InChI=1S/C20H30F2N2O5/c1-12(2)14(23)16(25)20(21,22)15(24-18(27)29-19(3,4)5)17(26)28-11-13-9-7-6-8-10-13/h6-10,12,14-16,25H,11,23H2,1-5H3,(H,24,27). The predicted octanol–water partition coefficient (Wildman–Crippen LogP) is 2.60. The highest BCUT2D eigenvalue weighted by atomic mass is 19.3. The average Bonchev–Trinajstić information content (AvgIpc) is 2.62. The van der Waals surface area contributed by atoms with Gasteiger partial charge in [-0.15, -0.1) is 0 Å². The zero-order chi connectivity index (χ0) is 22.4. The summed E-state index contributed by atoms with van der Waals surface area (Å²) in [4.78, 5) is 24.5. The van der Waals surface area contributed by atoms with Gasteiger partial charge in [0.15, 0.2) is 6.04 Å². The molecule has 0 aliphatic rings. The fourth-order valence-electron chi connectivity index (χ4n) is 2.34. The third kappa shape index (κ3) is 7.58. The third-order valence-electron chi connectivity index (χ3n) is 4.03. The SMILES string of the molecule is CC(C)C(N)C(O)C(F)(F)C(NC(=O)OC(C)(C)C)C(=O)OCc1ccccc1. The number of alkyl carbamates (subject to hydrolysis) is 1. The molecule has 9 heteroatoms. The van der Waals surface area contributed by atoms with E-state index in [9.17, 15) is 23.5 Å². The van der Waals surface area contributed by atoms with E-state index in [1.54, 1.807) is 44.2 Å². The van der Waals surface area contributed by atoms with Crippen LogP contribution in [-0.2, 0) is 20.9 Å². The lowest BCUT2D eigenvalue weighted by atomic mass is 9.91. The summed E-state index contributed by atoms with van der Waals surface area (Å²) in [5.41, 5.74) is 5.24. The van der Waals surface area contributed by atoms with Crippen molar-refractivity contribution in [3.8, 4) is 0 Å². The van der Waals surface area contributed by atoms with Crippen LogP contribution in [0.25, 0.3) is 0 Å². The van der Waals surface area contributed by atoms with Crippen LogP contribution >= 0.6 is 0 Å². The van der Waals surface area contributed by atoms with Crippen LogP contribution in [0.5, 0.6) is 0 Å². The van der Waals surface area contributed by atoms with Gasteiger partial charge in [-0.2, -0.15) is 0 Å². The number of esters is 1. The summed E-state index contributed by atoms with van der Waals surface area (Å²) in [6.07, 6.45) is -3.64. The maximum absolute atomic E-state index is 15.0. The Bertz CT molecular complexity index is 677. The molecule has 0 saturated heterocycles. The van der Waals surface area contributed by atoms with Crippen molar-refractivity contribution in [2.24, 2.45) is 11.7 Å². The Morgan fingerprint density at radius 2 is 1.72 bits per heavy atom. The highest BCUT2D eigenvalue weighted by molar-refractivity contribution is 5.82. The molecule has 0 fully saturated rings. The lowest BCUT2D eigenvalue weighted by molar-refractivity contribution is -0.177. The number of benzene rings is 1. The summed E-state index contributed by atoms with van der Waals surface area (Å²) in [6.45, 7) is 7.43. The molecule has 7 nitrogen and oxygen atoms in total. The number of halogens is 2. The van der Waals surface area contributed by atoms with Crippen LogP contribution < -0.4 is 11.1 Å². The number of rotatable bonds is 8. The average molecular weight is 416 g/mol. The first kappa shape index (κ1) is 24.8. The zero-order valence-electron chi connectivity index (χ0n) is 17.3. The largest absolute Gasteiger partial charge is 0.459 e. The molecule has 1 amide bonds. The van der Waals surface area contributed by atoms with Gasteiger partial charge >= 0.3 is 18.0 Å². The topological polar surface area (TPSA) is 111 Å². The maximum atomic E-state index is 15.0. The van der Waals surface area contributed by atoms with Crippen LogP contribution in [0.1, 0.15) is 40.2 Å². The molecule has 29 heavy (non-hydrogen) atoms. The number of aliphatic hydroxyl groups excluding tert-OH is 1. The van der Waals surface area contributed by atoms with Crippen LogP contribution in [-0.4, -0.2) is 46.9 Å². The predicted molar refractivity (Wildman–Crippen MR) is 103 cm³/mol. The summed E-state index contributed by atoms with van der Waals surface area (Å²) >= 11 is 0. The first-order valence-electron chi connectivity index (χ1n) is 9.27. The quantitative estimate of drug-likeness (QED) is 0.562. The van der Waals surface area contributed by atoms with E-state index in [4.69, 9.17) is 15.2 Å². The van der Waals surface area contributed by atoms with Crippen LogP contribution in [0.2, 0.25) is 0 Å². The van der Waals surface area contributed by atoms with E-state index >= 15 is 0 Å².